The average Bonchev–Trinajstić information content (AvgIpc) is 3.14. The Hall–Kier alpha value is -2.59. The summed E-state index contributed by atoms with van der Waals surface area (Å²) in [6, 6.07) is 11.8. The van der Waals surface area contributed by atoms with Crippen LogP contribution in [0.25, 0.3) is 0 Å². The molecule has 0 radical (unpaired) electrons. The first-order valence-corrected chi connectivity index (χ1v) is 17.7. The normalized spacial score (nSPS) is 24.5. The molecule has 5 atom stereocenters. The van der Waals surface area contributed by atoms with Gasteiger partial charge in [0.05, 0.1) is 36.3 Å². The third-order valence-electron chi connectivity index (χ3n) is 9.96. The number of rotatable bonds is 11. The Labute approximate surface area is 266 Å². The number of methoxy groups -OCH3 is 2. The number of aryl methyl sites for hydroxylation is 1. The minimum Gasteiger partial charge on any atom is -0.490 e. The fourth-order valence-corrected chi connectivity index (χ4v) is 8.35. The summed E-state index contributed by atoms with van der Waals surface area (Å²) in [5, 5.41) is 5.61. The van der Waals surface area contributed by atoms with Crippen LogP contribution < -0.4 is 14.8 Å². The molecule has 0 amide bonds. The molecule has 8 nitrogen and oxygen atoms in total. The zero-order chi connectivity index (χ0) is 31.5. The van der Waals surface area contributed by atoms with Crippen LogP contribution in [0.15, 0.2) is 48.6 Å². The van der Waals surface area contributed by atoms with Gasteiger partial charge in [-0.1, -0.05) is 36.7 Å². The van der Waals surface area contributed by atoms with Gasteiger partial charge in [0.2, 0.25) is 10.0 Å². The van der Waals surface area contributed by atoms with E-state index in [0.29, 0.717) is 43.3 Å². The number of hydrogen-bond acceptors (Lipinski definition) is 7. The Morgan fingerprint density at radius 1 is 1.20 bits per heavy atom. The summed E-state index contributed by atoms with van der Waals surface area (Å²) in [6.45, 7) is 4.00. The van der Waals surface area contributed by atoms with Gasteiger partial charge in [-0.25, -0.2) is 18.4 Å². The molecular formula is C34H45ClN2O6S. The van der Waals surface area contributed by atoms with Crippen LogP contribution in [0.3, 0.4) is 0 Å². The summed E-state index contributed by atoms with van der Waals surface area (Å²) in [5.74, 6) is 1.20. The average molecular weight is 645 g/mol. The molecule has 5 rings (SSSR count). The number of allylic oxidation sites excluding steroid dienone is 1. The number of nitrogens with two attached hydrogens (primary N) is 1. The fraction of sp³-hybridized carbons (Fsp3) is 0.559. The second-order valence-electron chi connectivity index (χ2n) is 12.6. The first kappa shape index (κ1) is 32.8. The second kappa shape index (κ2) is 13.8. The van der Waals surface area contributed by atoms with Crippen molar-refractivity contribution in [2.75, 3.05) is 38.8 Å². The number of ether oxygens (including phenoxy) is 3. The van der Waals surface area contributed by atoms with E-state index in [1.54, 1.807) is 13.2 Å². The van der Waals surface area contributed by atoms with E-state index >= 15 is 0 Å². The van der Waals surface area contributed by atoms with Gasteiger partial charge in [0.15, 0.2) is 0 Å². The van der Waals surface area contributed by atoms with Gasteiger partial charge in [-0.05, 0) is 105 Å². The Morgan fingerprint density at radius 2 is 2.02 bits per heavy atom. The van der Waals surface area contributed by atoms with Crippen molar-refractivity contribution in [3.05, 3.63) is 70.3 Å². The second-order valence-corrected chi connectivity index (χ2v) is 14.9. The number of benzene rings is 2. The van der Waals surface area contributed by atoms with E-state index in [4.69, 9.17) is 31.0 Å². The monoisotopic (exact) mass is 644 g/mol. The van der Waals surface area contributed by atoms with Gasteiger partial charge in [0.1, 0.15) is 5.75 Å². The highest BCUT2D eigenvalue weighted by Gasteiger charge is 2.43. The SMILES string of the molecule is CC[C@H](CC[C@H](/C=C/[C@@H]1CC[C@H]1CN1C[C@@]2(CCCc3cc(Cl)ccc32)COc2ccc(C(=O)OC)cc21)OC)S(N)(=O)=O. The van der Waals surface area contributed by atoms with Crippen molar-refractivity contribution in [1.29, 1.82) is 0 Å². The zero-order valence-electron chi connectivity index (χ0n) is 26.0. The molecule has 0 aromatic heterocycles. The number of anilines is 1. The van der Waals surface area contributed by atoms with Gasteiger partial charge in [0, 0.05) is 30.6 Å². The van der Waals surface area contributed by atoms with E-state index < -0.39 is 15.3 Å². The van der Waals surface area contributed by atoms with Crippen LogP contribution >= 0.6 is 11.6 Å². The van der Waals surface area contributed by atoms with Gasteiger partial charge >= 0.3 is 5.97 Å². The first-order chi connectivity index (χ1) is 21.1. The van der Waals surface area contributed by atoms with Crippen molar-refractivity contribution in [2.45, 2.75) is 75.1 Å². The maximum absolute atomic E-state index is 12.5. The molecule has 2 aromatic carbocycles. The number of carbonyl (C=O) groups is 1. The van der Waals surface area contributed by atoms with E-state index in [-0.39, 0.29) is 17.5 Å². The lowest BCUT2D eigenvalue weighted by atomic mass is 9.69. The molecule has 44 heavy (non-hydrogen) atoms. The standard InChI is InChI=1S/C34H45ClN2O6S/c1-4-29(44(36,39)40)14-13-28(41-2)12-9-23-7-8-26(23)20-37-21-34(17-5-6-24-18-27(35)11-15-30(24)34)22-43-32-16-10-25(19-31(32)37)33(38)42-3/h9-12,15-16,18-19,23,26,28-29H,4-8,13-14,17,20-22H2,1-3H3,(H2,36,39,40)/b12-9+/t23-,26-,28-,29+,34-/m0/s1. The van der Waals surface area contributed by atoms with Crippen LogP contribution in [0.1, 0.15) is 73.4 Å². The molecular weight excluding hydrogens is 600 g/mol. The van der Waals surface area contributed by atoms with Crippen molar-refractivity contribution in [3.63, 3.8) is 0 Å². The molecule has 0 saturated heterocycles. The first-order valence-electron chi connectivity index (χ1n) is 15.7. The fourth-order valence-electron chi connectivity index (χ4n) is 7.23. The number of halogens is 1. The van der Waals surface area contributed by atoms with Crippen molar-refractivity contribution in [2.24, 2.45) is 17.0 Å². The number of fused-ring (bicyclic) bond motifs is 3. The summed E-state index contributed by atoms with van der Waals surface area (Å²) in [5.41, 5.74) is 3.82. The molecule has 10 heteroatoms. The molecule has 240 valence electrons. The topological polar surface area (TPSA) is 108 Å². The number of carbonyl (C=O) groups excluding carboxylic acids is 1. The van der Waals surface area contributed by atoms with Crippen molar-refractivity contribution in [3.8, 4) is 5.75 Å². The smallest absolute Gasteiger partial charge is 0.337 e. The maximum atomic E-state index is 12.5. The minimum atomic E-state index is -3.57. The molecule has 1 heterocycles. The van der Waals surface area contributed by atoms with E-state index in [1.807, 2.05) is 25.1 Å². The number of primary sulfonamides is 1. The van der Waals surface area contributed by atoms with E-state index in [2.05, 4.69) is 29.2 Å². The lowest BCUT2D eigenvalue weighted by molar-refractivity contribution is 0.0600. The highest BCUT2D eigenvalue weighted by molar-refractivity contribution is 7.89. The zero-order valence-corrected chi connectivity index (χ0v) is 27.5. The van der Waals surface area contributed by atoms with Gasteiger partial charge in [-0.3, -0.25) is 0 Å². The van der Waals surface area contributed by atoms with Crippen LogP contribution in [0.4, 0.5) is 5.69 Å². The molecule has 2 N–H and O–H groups in total. The molecule has 1 saturated carbocycles. The maximum Gasteiger partial charge on any atom is 0.337 e. The summed E-state index contributed by atoms with van der Waals surface area (Å²) in [4.78, 5) is 14.9. The number of esters is 1. The highest BCUT2D eigenvalue weighted by atomic mass is 35.5. The molecule has 3 aliphatic rings. The van der Waals surface area contributed by atoms with Gasteiger partial charge in [-0.15, -0.1) is 0 Å². The van der Waals surface area contributed by atoms with Crippen LogP contribution in [0.5, 0.6) is 5.75 Å². The van der Waals surface area contributed by atoms with Gasteiger partial charge < -0.3 is 19.1 Å². The van der Waals surface area contributed by atoms with Crippen LogP contribution in [0.2, 0.25) is 5.02 Å². The Morgan fingerprint density at radius 3 is 2.70 bits per heavy atom. The van der Waals surface area contributed by atoms with Gasteiger partial charge in [-0.2, -0.15) is 0 Å². The third kappa shape index (κ3) is 7.11. The lowest BCUT2D eigenvalue weighted by Crippen LogP contribution is -2.48. The summed E-state index contributed by atoms with van der Waals surface area (Å²) >= 11 is 6.40. The van der Waals surface area contributed by atoms with Crippen molar-refractivity contribution >= 4 is 33.3 Å². The lowest BCUT2D eigenvalue weighted by Gasteiger charge is -2.44. The van der Waals surface area contributed by atoms with Crippen molar-refractivity contribution in [1.82, 2.24) is 0 Å². The quantitative estimate of drug-likeness (QED) is 0.235. The highest BCUT2D eigenvalue weighted by Crippen LogP contribution is 2.46. The number of hydrogen-bond donors (Lipinski definition) is 1. The molecule has 1 aliphatic heterocycles. The van der Waals surface area contributed by atoms with Crippen LogP contribution in [-0.2, 0) is 31.3 Å². The van der Waals surface area contributed by atoms with Gasteiger partial charge in [0.25, 0.3) is 0 Å². The Bertz CT molecular complexity index is 1480. The van der Waals surface area contributed by atoms with Crippen LogP contribution in [0, 0.1) is 11.8 Å². The van der Waals surface area contributed by atoms with E-state index in [1.165, 1.54) is 18.2 Å². The molecule has 0 bridgehead atoms. The number of nitrogens with zero attached hydrogens (tertiary/aromatic N) is 1. The van der Waals surface area contributed by atoms with Crippen LogP contribution in [-0.4, -0.2) is 59.7 Å². The summed E-state index contributed by atoms with van der Waals surface area (Å²) < 4.78 is 41.0. The minimum absolute atomic E-state index is 0.171. The molecule has 2 aliphatic carbocycles. The van der Waals surface area contributed by atoms with E-state index in [0.717, 1.165) is 61.7 Å². The summed E-state index contributed by atoms with van der Waals surface area (Å²) in [6.07, 6.45) is 11.0. The predicted octanol–water partition coefficient (Wildman–Crippen LogP) is 6.04. The molecule has 1 spiro atoms. The predicted molar refractivity (Wildman–Crippen MR) is 174 cm³/mol. The molecule has 1 fully saturated rings. The Balaban J connectivity index is 1.38. The summed E-state index contributed by atoms with van der Waals surface area (Å²) in [7, 11) is -0.510. The Kier molecular flexibility index (Phi) is 10.3. The van der Waals surface area contributed by atoms with Crippen molar-refractivity contribution < 1.29 is 27.4 Å². The molecule has 0 unspecified atom stereocenters. The van der Waals surface area contributed by atoms with E-state index in [9.17, 15) is 13.2 Å². The number of sulfonamides is 1. The third-order valence-corrected chi connectivity index (χ3v) is 11.7. The molecule has 2 aromatic rings. The largest absolute Gasteiger partial charge is 0.490 e.